The second-order valence-electron chi connectivity index (χ2n) is 15.9. The molecule has 5 aromatic rings. The highest BCUT2D eigenvalue weighted by molar-refractivity contribution is 6.36. The van der Waals surface area contributed by atoms with Crippen molar-refractivity contribution in [3.8, 4) is 33.8 Å². The number of carboxylic acid groups (broad SMARTS) is 1. The van der Waals surface area contributed by atoms with Crippen LogP contribution in [0.2, 0.25) is 10.0 Å². The van der Waals surface area contributed by atoms with Crippen LogP contribution in [0, 0.1) is 11.3 Å². The number of halogens is 2. The fourth-order valence-electron chi connectivity index (χ4n) is 8.66. The molecule has 0 radical (unpaired) electrons. The Hall–Kier alpha value is -5.39. The molecule has 0 aromatic heterocycles. The molecule has 1 amide bonds. The molecule has 0 bridgehead atoms. The number of methoxy groups -OCH3 is 2. The third-order valence-corrected chi connectivity index (χ3v) is 12.8. The summed E-state index contributed by atoms with van der Waals surface area (Å²) < 4.78 is 11.8. The van der Waals surface area contributed by atoms with E-state index in [9.17, 15) is 14.7 Å². The predicted molar refractivity (Wildman–Crippen MR) is 244 cm³/mol. The second-order valence-corrected chi connectivity index (χ2v) is 16.7. The van der Waals surface area contributed by atoms with Crippen LogP contribution in [0.4, 0.5) is 5.69 Å². The Morgan fingerprint density at radius 2 is 1.54 bits per heavy atom. The lowest BCUT2D eigenvalue weighted by molar-refractivity contribution is -0.143. The molecule has 0 unspecified atom stereocenters. The Labute approximate surface area is 368 Å². The number of aliphatic carboxylic acids is 1. The first-order valence-electron chi connectivity index (χ1n) is 20.8. The molecule has 1 aliphatic heterocycles. The molecule has 0 spiro atoms. The zero-order valence-corrected chi connectivity index (χ0v) is 36.1. The van der Waals surface area contributed by atoms with Gasteiger partial charge in [0.15, 0.2) is 0 Å². The summed E-state index contributed by atoms with van der Waals surface area (Å²) in [5.74, 6) is 0.569. The molecule has 5 aromatic carbocycles. The molecule has 10 nitrogen and oxygen atoms in total. The largest absolute Gasteiger partial charge is 0.496 e. The van der Waals surface area contributed by atoms with E-state index in [4.69, 9.17) is 38.1 Å². The Kier molecular flexibility index (Phi) is 14.6. The number of carbonyl (C=O) groups excluding carboxylic acids is 1. The van der Waals surface area contributed by atoms with Gasteiger partial charge in [-0.2, -0.15) is 0 Å². The quantitative estimate of drug-likeness (QED) is 0.0550. The highest BCUT2D eigenvalue weighted by atomic mass is 35.5. The monoisotopic (exact) mass is 861 g/mol. The zero-order chi connectivity index (χ0) is 42.9. The summed E-state index contributed by atoms with van der Waals surface area (Å²) in [6, 6.07) is 32.5. The lowest BCUT2D eigenvalue weighted by Crippen LogP contribution is -2.38. The summed E-state index contributed by atoms with van der Waals surface area (Å²) in [5, 5.41) is 29.2. The number of anilines is 1. The van der Waals surface area contributed by atoms with Gasteiger partial charge >= 0.3 is 5.97 Å². The van der Waals surface area contributed by atoms with E-state index in [0.717, 1.165) is 81.9 Å². The van der Waals surface area contributed by atoms with Crippen molar-refractivity contribution in [1.82, 2.24) is 15.5 Å². The van der Waals surface area contributed by atoms with Gasteiger partial charge in [0.25, 0.3) is 0 Å². The van der Waals surface area contributed by atoms with Crippen LogP contribution < -0.4 is 25.4 Å². The van der Waals surface area contributed by atoms with Crippen LogP contribution >= 0.6 is 23.2 Å². The van der Waals surface area contributed by atoms with Gasteiger partial charge in [-0.1, -0.05) is 96.0 Å². The van der Waals surface area contributed by atoms with E-state index in [2.05, 4.69) is 33.0 Å². The third-order valence-electron chi connectivity index (χ3n) is 12.0. The van der Waals surface area contributed by atoms with E-state index >= 15 is 0 Å². The smallest absolute Gasteiger partial charge is 0.306 e. The fourth-order valence-corrected chi connectivity index (χ4v) is 9.25. The summed E-state index contributed by atoms with van der Waals surface area (Å²) in [4.78, 5) is 25.7. The highest BCUT2D eigenvalue weighted by Gasteiger charge is 2.30. The second kappa shape index (κ2) is 20.4. The van der Waals surface area contributed by atoms with Crippen LogP contribution in [0.25, 0.3) is 22.3 Å². The predicted octanol–water partition coefficient (Wildman–Crippen LogP) is 9.97. The molecular weight excluding hydrogens is 809 g/mol. The van der Waals surface area contributed by atoms with Gasteiger partial charge in [-0.05, 0) is 78.6 Å². The molecule has 7 rings (SSSR count). The van der Waals surface area contributed by atoms with Gasteiger partial charge in [0.1, 0.15) is 11.5 Å². The summed E-state index contributed by atoms with van der Waals surface area (Å²) in [6.07, 6.45) is 5.72. The van der Waals surface area contributed by atoms with E-state index < -0.39 is 5.97 Å². The van der Waals surface area contributed by atoms with Crippen molar-refractivity contribution in [1.29, 1.82) is 5.41 Å². The van der Waals surface area contributed by atoms with Crippen molar-refractivity contribution >= 4 is 47.0 Å². The lowest BCUT2D eigenvalue weighted by atomic mass is 9.85. The van der Waals surface area contributed by atoms with Crippen LogP contribution in [0.1, 0.15) is 66.3 Å². The van der Waals surface area contributed by atoms with Crippen molar-refractivity contribution < 1.29 is 24.2 Å². The van der Waals surface area contributed by atoms with Crippen molar-refractivity contribution in [2.24, 2.45) is 5.92 Å². The minimum absolute atomic E-state index is 0.102. The fraction of sp³-hybridized carbons (Fsp3) is 0.327. The van der Waals surface area contributed by atoms with Gasteiger partial charge in [-0.25, -0.2) is 0 Å². The van der Waals surface area contributed by atoms with Gasteiger partial charge < -0.3 is 35.9 Å². The van der Waals surface area contributed by atoms with Gasteiger partial charge in [-0.3, -0.25) is 14.5 Å². The van der Waals surface area contributed by atoms with E-state index in [1.807, 2.05) is 84.9 Å². The first-order valence-corrected chi connectivity index (χ1v) is 21.6. The van der Waals surface area contributed by atoms with Crippen LogP contribution in [0.5, 0.6) is 11.5 Å². The topological polar surface area (TPSA) is 136 Å². The van der Waals surface area contributed by atoms with Crippen LogP contribution in [0.15, 0.2) is 97.1 Å². The van der Waals surface area contributed by atoms with Crippen LogP contribution in [0.3, 0.4) is 0 Å². The maximum absolute atomic E-state index is 11.7. The number of rotatable bonds is 18. The van der Waals surface area contributed by atoms with E-state index in [1.165, 1.54) is 11.8 Å². The number of hydrogen-bond acceptors (Lipinski definition) is 8. The van der Waals surface area contributed by atoms with E-state index in [-0.39, 0.29) is 23.9 Å². The van der Waals surface area contributed by atoms with Crippen LogP contribution in [-0.4, -0.2) is 60.9 Å². The van der Waals surface area contributed by atoms with Gasteiger partial charge in [-0.15, -0.1) is 0 Å². The number of hydrogen-bond donors (Lipinski definition) is 5. The molecule has 1 heterocycles. The molecule has 2 fully saturated rings. The number of nitrogens with one attached hydrogen (secondary N) is 4. The molecule has 318 valence electrons. The standard InChI is InChI=1S/C49H53Cl2N5O5/c1-60-45-23-33(14-15-34(45)26-53-28-37-18-21-47(57)55-37)39-10-6-12-41(48(39)51)40-11-7-13-44(42(40)25-52)54-27-35-24-46(61-2)36(22-43(35)50)30-56(29-31-8-4-3-5-9-31)38-19-16-32(17-20-38)49(58)59/h3-15,22-25,32,37-38,52-54H,16-21,26-30H2,1-2H3,(H,55,57)(H,58,59)/t32?,37-,38?/m0/s1. The maximum Gasteiger partial charge on any atom is 0.306 e. The summed E-state index contributed by atoms with van der Waals surface area (Å²) in [6.45, 7) is 3.00. The Morgan fingerprint density at radius 1 is 0.820 bits per heavy atom. The minimum atomic E-state index is -0.708. The summed E-state index contributed by atoms with van der Waals surface area (Å²) in [5.41, 5.74) is 8.80. The van der Waals surface area contributed by atoms with Crippen molar-refractivity contribution in [3.63, 3.8) is 0 Å². The molecule has 1 atom stereocenters. The molecular formula is C49H53Cl2N5O5. The Morgan fingerprint density at radius 3 is 2.25 bits per heavy atom. The van der Waals surface area contributed by atoms with Gasteiger partial charge in [0.2, 0.25) is 5.91 Å². The first kappa shape index (κ1) is 43.7. The zero-order valence-electron chi connectivity index (χ0n) is 34.6. The molecule has 2 aliphatic rings. The van der Waals surface area contributed by atoms with Gasteiger partial charge in [0, 0.05) is 96.0 Å². The highest BCUT2D eigenvalue weighted by Crippen LogP contribution is 2.41. The Balaban J connectivity index is 1.08. The van der Waals surface area contributed by atoms with Crippen molar-refractivity contribution in [3.05, 3.63) is 135 Å². The van der Waals surface area contributed by atoms with Crippen molar-refractivity contribution in [2.45, 2.75) is 76.8 Å². The molecule has 1 saturated heterocycles. The Bertz CT molecular complexity index is 2350. The molecule has 5 N–H and O–H groups in total. The average Bonchev–Trinajstić information content (AvgIpc) is 3.70. The van der Waals surface area contributed by atoms with Gasteiger partial charge in [0.05, 0.1) is 25.2 Å². The SMILES string of the molecule is COc1cc(-c2cccc(-c3cccc(NCc4cc(OC)c(CN(Cc5ccccc5)C5CCC(C(=O)O)CC5)cc4Cl)c3C=N)c2Cl)ccc1CNC[C@@H]1CCC(=O)N1. The number of ether oxygens (including phenoxy) is 2. The minimum Gasteiger partial charge on any atom is -0.496 e. The number of carbonyl (C=O) groups is 2. The summed E-state index contributed by atoms with van der Waals surface area (Å²) >= 11 is 14.2. The molecule has 12 heteroatoms. The van der Waals surface area contributed by atoms with E-state index in [0.29, 0.717) is 61.1 Å². The normalized spacial score (nSPS) is 17.5. The molecule has 1 aliphatic carbocycles. The van der Waals surface area contributed by atoms with E-state index in [1.54, 1.807) is 14.2 Å². The maximum atomic E-state index is 11.7. The number of amides is 1. The lowest BCUT2D eigenvalue weighted by Gasteiger charge is -2.36. The van der Waals surface area contributed by atoms with Crippen molar-refractivity contribution in [2.75, 3.05) is 26.1 Å². The first-order chi connectivity index (χ1) is 29.6. The number of benzene rings is 5. The summed E-state index contributed by atoms with van der Waals surface area (Å²) in [7, 11) is 3.32. The average molecular weight is 863 g/mol. The third kappa shape index (κ3) is 10.6. The van der Waals surface area contributed by atoms with Crippen LogP contribution in [-0.2, 0) is 35.8 Å². The molecule has 1 saturated carbocycles. The number of carboxylic acids is 1. The molecule has 61 heavy (non-hydrogen) atoms. The number of nitrogens with zero attached hydrogens (tertiary/aromatic N) is 1.